The molecule has 1 fully saturated rings. The van der Waals surface area contributed by atoms with Gasteiger partial charge >= 0.3 is 0 Å². The van der Waals surface area contributed by atoms with E-state index >= 15 is 0 Å². The number of rotatable bonds is 4. The summed E-state index contributed by atoms with van der Waals surface area (Å²) in [4.78, 5) is 0.377. The lowest BCUT2D eigenvalue weighted by molar-refractivity contribution is 0.346. The van der Waals surface area contributed by atoms with Gasteiger partial charge in [0.2, 0.25) is 10.0 Å². The molecule has 0 atom stereocenters. The normalized spacial score (nSPS) is 17.6. The van der Waals surface area contributed by atoms with Gasteiger partial charge in [0.15, 0.2) is 0 Å². The Labute approximate surface area is 123 Å². The molecular weight excluding hydrogens is 328 g/mol. The molecule has 0 aromatic heterocycles. The van der Waals surface area contributed by atoms with Crippen molar-refractivity contribution in [1.29, 1.82) is 0 Å². The van der Waals surface area contributed by atoms with Crippen LogP contribution in [0.15, 0.2) is 27.6 Å². The molecule has 1 N–H and O–H groups in total. The van der Waals surface area contributed by atoms with Gasteiger partial charge in [-0.25, -0.2) is 8.42 Å². The topological polar surface area (TPSA) is 49.4 Å². The van der Waals surface area contributed by atoms with E-state index in [1.54, 1.807) is 10.4 Å². The van der Waals surface area contributed by atoms with Crippen molar-refractivity contribution in [1.82, 2.24) is 9.62 Å². The number of nitrogens with one attached hydrogen (secondary N) is 1. The van der Waals surface area contributed by atoms with E-state index in [-0.39, 0.29) is 0 Å². The Morgan fingerprint density at radius 2 is 1.95 bits per heavy atom. The first-order chi connectivity index (χ1) is 9.05. The summed E-state index contributed by atoms with van der Waals surface area (Å²) in [5.74, 6) is 0. The second-order valence-electron chi connectivity index (χ2n) is 4.76. The van der Waals surface area contributed by atoms with Crippen LogP contribution in [-0.2, 0) is 16.6 Å². The van der Waals surface area contributed by atoms with Gasteiger partial charge in [-0.2, -0.15) is 4.31 Å². The van der Waals surface area contributed by atoms with Crippen molar-refractivity contribution >= 4 is 26.0 Å². The fourth-order valence-corrected chi connectivity index (χ4v) is 4.80. The van der Waals surface area contributed by atoms with Crippen LogP contribution in [-0.4, -0.2) is 32.9 Å². The van der Waals surface area contributed by atoms with E-state index in [1.807, 2.05) is 19.2 Å². The molecule has 1 saturated heterocycles. The standard InChI is InChI=1S/C13H19BrN2O2S/c1-15-10-11-5-6-12(14)13(9-11)19(17,18)16-7-3-2-4-8-16/h5-6,9,15H,2-4,7-8,10H2,1H3. The molecule has 1 aromatic carbocycles. The molecule has 2 rings (SSSR count). The summed E-state index contributed by atoms with van der Waals surface area (Å²) in [6.45, 7) is 1.92. The highest BCUT2D eigenvalue weighted by atomic mass is 79.9. The lowest BCUT2D eigenvalue weighted by Gasteiger charge is -2.26. The van der Waals surface area contributed by atoms with Crippen LogP contribution >= 0.6 is 15.9 Å². The summed E-state index contributed by atoms with van der Waals surface area (Å²) in [7, 11) is -1.53. The molecule has 0 unspecified atom stereocenters. The molecule has 19 heavy (non-hydrogen) atoms. The Bertz CT molecular complexity index is 540. The van der Waals surface area contributed by atoms with E-state index in [0.29, 0.717) is 29.0 Å². The molecule has 106 valence electrons. The summed E-state index contributed by atoms with van der Waals surface area (Å²) in [5.41, 5.74) is 0.973. The van der Waals surface area contributed by atoms with Crippen LogP contribution in [0.25, 0.3) is 0 Å². The maximum absolute atomic E-state index is 12.6. The van der Waals surface area contributed by atoms with Crippen LogP contribution in [0.4, 0.5) is 0 Å². The van der Waals surface area contributed by atoms with E-state index in [2.05, 4.69) is 21.2 Å². The first kappa shape index (κ1) is 15.0. The maximum Gasteiger partial charge on any atom is 0.244 e. The van der Waals surface area contributed by atoms with E-state index < -0.39 is 10.0 Å². The number of piperidine rings is 1. The number of sulfonamides is 1. The molecule has 0 saturated carbocycles. The van der Waals surface area contributed by atoms with Gasteiger partial charge in [0.25, 0.3) is 0 Å². The van der Waals surface area contributed by atoms with Crippen molar-refractivity contribution in [2.75, 3.05) is 20.1 Å². The third-order valence-corrected chi connectivity index (χ3v) is 6.20. The Morgan fingerprint density at radius 3 is 2.58 bits per heavy atom. The van der Waals surface area contributed by atoms with Gasteiger partial charge in [-0.15, -0.1) is 0 Å². The minimum Gasteiger partial charge on any atom is -0.316 e. The minimum atomic E-state index is -3.37. The monoisotopic (exact) mass is 346 g/mol. The lowest BCUT2D eigenvalue weighted by atomic mass is 10.2. The van der Waals surface area contributed by atoms with Crippen molar-refractivity contribution in [3.05, 3.63) is 28.2 Å². The number of hydrogen-bond acceptors (Lipinski definition) is 3. The smallest absolute Gasteiger partial charge is 0.244 e. The number of nitrogens with zero attached hydrogens (tertiary/aromatic N) is 1. The van der Waals surface area contributed by atoms with E-state index in [1.165, 1.54) is 0 Å². The third kappa shape index (κ3) is 3.37. The van der Waals surface area contributed by atoms with Gasteiger partial charge in [-0.1, -0.05) is 12.5 Å². The summed E-state index contributed by atoms with van der Waals surface area (Å²) in [6, 6.07) is 5.49. The SMILES string of the molecule is CNCc1ccc(Br)c(S(=O)(=O)N2CCCCC2)c1. The molecule has 0 spiro atoms. The summed E-state index contributed by atoms with van der Waals surface area (Å²) < 4.78 is 27.5. The first-order valence-electron chi connectivity index (χ1n) is 6.49. The van der Waals surface area contributed by atoms with Gasteiger partial charge < -0.3 is 5.32 Å². The Morgan fingerprint density at radius 1 is 1.26 bits per heavy atom. The van der Waals surface area contributed by atoms with Crippen LogP contribution < -0.4 is 5.32 Å². The zero-order valence-corrected chi connectivity index (χ0v) is 13.4. The molecule has 6 heteroatoms. The van der Waals surface area contributed by atoms with Gasteiger partial charge in [0.05, 0.1) is 4.90 Å². The molecule has 1 heterocycles. The minimum absolute atomic E-state index is 0.377. The fraction of sp³-hybridized carbons (Fsp3) is 0.538. The molecule has 0 aliphatic carbocycles. The number of halogens is 1. The highest BCUT2D eigenvalue weighted by Gasteiger charge is 2.27. The number of benzene rings is 1. The first-order valence-corrected chi connectivity index (χ1v) is 8.72. The van der Waals surface area contributed by atoms with Crippen LogP contribution in [0.1, 0.15) is 24.8 Å². The summed E-state index contributed by atoms with van der Waals surface area (Å²) >= 11 is 3.36. The van der Waals surface area contributed by atoms with Gasteiger partial charge in [-0.3, -0.25) is 0 Å². The molecular formula is C13H19BrN2O2S. The zero-order chi connectivity index (χ0) is 13.9. The molecule has 0 radical (unpaired) electrons. The third-order valence-electron chi connectivity index (χ3n) is 3.31. The largest absolute Gasteiger partial charge is 0.316 e. The number of hydrogen-bond donors (Lipinski definition) is 1. The molecule has 0 amide bonds. The van der Waals surface area contributed by atoms with Crippen molar-refractivity contribution in [2.24, 2.45) is 0 Å². The molecule has 1 aliphatic rings. The summed E-state index contributed by atoms with van der Waals surface area (Å²) in [6.07, 6.45) is 3.02. The van der Waals surface area contributed by atoms with Crippen molar-refractivity contribution in [3.8, 4) is 0 Å². The van der Waals surface area contributed by atoms with Crippen molar-refractivity contribution in [3.63, 3.8) is 0 Å². The van der Waals surface area contributed by atoms with E-state index in [4.69, 9.17) is 0 Å². The molecule has 1 aliphatic heterocycles. The quantitative estimate of drug-likeness (QED) is 0.910. The predicted molar refractivity (Wildman–Crippen MR) is 79.5 cm³/mol. The summed E-state index contributed by atoms with van der Waals surface area (Å²) in [5, 5.41) is 3.04. The van der Waals surface area contributed by atoms with E-state index in [9.17, 15) is 8.42 Å². The average molecular weight is 347 g/mol. The highest BCUT2D eigenvalue weighted by Crippen LogP contribution is 2.28. The Hall–Kier alpha value is -0.430. The Kier molecular flexibility index (Phi) is 5.00. The van der Waals surface area contributed by atoms with Crippen LogP contribution in [0.5, 0.6) is 0 Å². The molecule has 1 aromatic rings. The zero-order valence-electron chi connectivity index (χ0n) is 11.0. The Balaban J connectivity index is 2.35. The van der Waals surface area contributed by atoms with Crippen molar-refractivity contribution in [2.45, 2.75) is 30.7 Å². The van der Waals surface area contributed by atoms with Crippen molar-refractivity contribution < 1.29 is 8.42 Å². The maximum atomic E-state index is 12.6. The average Bonchev–Trinajstić information content (AvgIpc) is 2.42. The van der Waals surface area contributed by atoms with E-state index in [0.717, 1.165) is 24.8 Å². The van der Waals surface area contributed by atoms with Gasteiger partial charge in [-0.05, 0) is 53.5 Å². The molecule has 0 bridgehead atoms. The van der Waals surface area contributed by atoms with Gasteiger partial charge in [0, 0.05) is 24.1 Å². The lowest BCUT2D eigenvalue weighted by Crippen LogP contribution is -2.35. The van der Waals surface area contributed by atoms with Crippen LogP contribution in [0, 0.1) is 0 Å². The fourth-order valence-electron chi connectivity index (χ4n) is 2.30. The highest BCUT2D eigenvalue weighted by molar-refractivity contribution is 9.10. The molecule has 4 nitrogen and oxygen atoms in total. The van der Waals surface area contributed by atoms with Crippen LogP contribution in [0.2, 0.25) is 0 Å². The predicted octanol–water partition coefficient (Wildman–Crippen LogP) is 2.34. The second kappa shape index (κ2) is 6.35. The van der Waals surface area contributed by atoms with Gasteiger partial charge in [0.1, 0.15) is 0 Å². The van der Waals surface area contributed by atoms with Crippen LogP contribution in [0.3, 0.4) is 0 Å². The second-order valence-corrected chi connectivity index (χ2v) is 7.52.